The first-order valence-corrected chi connectivity index (χ1v) is 6.85. The first kappa shape index (κ1) is 12.8. The number of imide groups is 1. The summed E-state index contributed by atoms with van der Waals surface area (Å²) in [5.41, 5.74) is 0.915. The second-order valence-corrected chi connectivity index (χ2v) is 5.36. The molecule has 1 fully saturated rings. The Hall–Kier alpha value is -2.96. The highest BCUT2D eigenvalue weighted by molar-refractivity contribution is 6.27. The van der Waals surface area contributed by atoms with E-state index < -0.39 is 11.9 Å². The van der Waals surface area contributed by atoms with Gasteiger partial charge in [0.25, 0.3) is 5.91 Å². The minimum absolute atomic E-state index is 0.0334. The number of anilines is 1. The number of aromatic hydroxyl groups is 1. The van der Waals surface area contributed by atoms with Crippen LogP contribution < -0.4 is 10.2 Å². The summed E-state index contributed by atoms with van der Waals surface area (Å²) in [5, 5.41) is 13.2. The van der Waals surface area contributed by atoms with E-state index in [1.807, 2.05) is 0 Å². The number of pyridine rings is 1. The lowest BCUT2D eigenvalue weighted by Crippen LogP contribution is -2.53. The van der Waals surface area contributed by atoms with Crippen molar-refractivity contribution in [1.82, 2.24) is 10.3 Å². The summed E-state index contributed by atoms with van der Waals surface area (Å²) in [7, 11) is 0. The van der Waals surface area contributed by atoms with E-state index in [1.54, 1.807) is 0 Å². The first-order valence-electron chi connectivity index (χ1n) is 6.85. The molecule has 2 aromatic rings. The van der Waals surface area contributed by atoms with E-state index >= 15 is 0 Å². The number of amides is 3. The van der Waals surface area contributed by atoms with Gasteiger partial charge in [-0.3, -0.25) is 29.6 Å². The summed E-state index contributed by atoms with van der Waals surface area (Å²) < 4.78 is 0. The Morgan fingerprint density at radius 1 is 1.23 bits per heavy atom. The Kier molecular flexibility index (Phi) is 2.47. The van der Waals surface area contributed by atoms with Gasteiger partial charge < -0.3 is 5.11 Å². The van der Waals surface area contributed by atoms with E-state index in [-0.39, 0.29) is 30.4 Å². The third kappa shape index (κ3) is 1.56. The lowest BCUT2D eigenvalue weighted by molar-refractivity contribution is -0.134. The number of rotatable bonds is 1. The number of aromatic nitrogens is 1. The molecule has 22 heavy (non-hydrogen) atoms. The zero-order valence-corrected chi connectivity index (χ0v) is 11.4. The quantitative estimate of drug-likeness (QED) is 0.755. The number of phenols is 1. The molecular weight excluding hydrogens is 286 g/mol. The number of phenolic OH excluding ortho intramolecular Hbond substituents is 1. The van der Waals surface area contributed by atoms with Crippen molar-refractivity contribution >= 4 is 34.2 Å². The van der Waals surface area contributed by atoms with Crippen LogP contribution in [-0.4, -0.2) is 33.9 Å². The van der Waals surface area contributed by atoms with Crippen molar-refractivity contribution in [2.75, 3.05) is 4.90 Å². The summed E-state index contributed by atoms with van der Waals surface area (Å²) in [6.07, 6.45) is 3.44. The van der Waals surface area contributed by atoms with Crippen LogP contribution in [0.1, 0.15) is 23.2 Å². The monoisotopic (exact) mass is 297 g/mol. The van der Waals surface area contributed by atoms with Crippen LogP contribution in [0.25, 0.3) is 10.8 Å². The molecule has 0 aliphatic carbocycles. The van der Waals surface area contributed by atoms with E-state index in [1.165, 1.54) is 29.4 Å². The van der Waals surface area contributed by atoms with E-state index in [0.717, 1.165) is 0 Å². The van der Waals surface area contributed by atoms with Gasteiger partial charge in [-0.05, 0) is 18.6 Å². The molecule has 4 rings (SSSR count). The molecule has 110 valence electrons. The highest BCUT2D eigenvalue weighted by Gasteiger charge is 2.41. The second kappa shape index (κ2) is 4.27. The van der Waals surface area contributed by atoms with E-state index in [0.29, 0.717) is 22.0 Å². The van der Waals surface area contributed by atoms with Crippen LogP contribution in [-0.2, 0) is 9.59 Å². The van der Waals surface area contributed by atoms with Gasteiger partial charge in [0.2, 0.25) is 11.8 Å². The number of nitrogens with zero attached hydrogens (tertiary/aromatic N) is 2. The van der Waals surface area contributed by atoms with Crippen molar-refractivity contribution in [1.29, 1.82) is 0 Å². The number of nitrogens with one attached hydrogen (secondary N) is 1. The zero-order chi connectivity index (χ0) is 15.4. The van der Waals surface area contributed by atoms with Crippen LogP contribution >= 0.6 is 0 Å². The van der Waals surface area contributed by atoms with Gasteiger partial charge >= 0.3 is 0 Å². The summed E-state index contributed by atoms with van der Waals surface area (Å²) in [6, 6.07) is 2.23. The highest BCUT2D eigenvalue weighted by atomic mass is 16.3. The van der Waals surface area contributed by atoms with Gasteiger partial charge in [-0.25, -0.2) is 0 Å². The number of hydrogen-bond acceptors (Lipinski definition) is 5. The van der Waals surface area contributed by atoms with E-state index in [9.17, 15) is 19.5 Å². The normalized spacial score (nSPS) is 20.6. The molecule has 1 aromatic heterocycles. The first-order chi connectivity index (χ1) is 10.6. The number of benzene rings is 1. The lowest BCUT2D eigenvalue weighted by atomic mass is 10.0. The van der Waals surface area contributed by atoms with Crippen LogP contribution in [0.5, 0.6) is 5.75 Å². The van der Waals surface area contributed by atoms with E-state index in [2.05, 4.69) is 10.3 Å². The second-order valence-electron chi connectivity index (χ2n) is 5.36. The maximum absolute atomic E-state index is 12.7. The van der Waals surface area contributed by atoms with Gasteiger partial charge in [0.1, 0.15) is 11.8 Å². The molecule has 1 unspecified atom stereocenters. The summed E-state index contributed by atoms with van der Waals surface area (Å²) in [4.78, 5) is 41.4. The van der Waals surface area contributed by atoms with Crippen molar-refractivity contribution in [3.63, 3.8) is 0 Å². The predicted octanol–water partition coefficient (Wildman–Crippen LogP) is 0.706. The third-order valence-corrected chi connectivity index (χ3v) is 4.11. The van der Waals surface area contributed by atoms with Gasteiger partial charge in [-0.15, -0.1) is 0 Å². The molecule has 0 saturated carbocycles. The predicted molar refractivity (Wildman–Crippen MR) is 76.4 cm³/mol. The van der Waals surface area contributed by atoms with Gasteiger partial charge in [0, 0.05) is 23.4 Å². The molecule has 3 heterocycles. The van der Waals surface area contributed by atoms with Gasteiger partial charge in [-0.1, -0.05) is 0 Å². The molecule has 2 N–H and O–H groups in total. The SMILES string of the molecule is O=C1CCC(N2C(=O)c3ccc(O)c4cncc2c34)C(=O)N1. The Bertz CT molecular complexity index is 861. The van der Waals surface area contributed by atoms with E-state index in [4.69, 9.17) is 0 Å². The molecular formula is C15H11N3O4. The van der Waals surface area contributed by atoms with Crippen molar-refractivity contribution in [3.05, 3.63) is 30.1 Å². The largest absolute Gasteiger partial charge is 0.507 e. The number of carbonyl (C=O) groups is 3. The molecule has 0 radical (unpaired) electrons. The molecule has 7 nitrogen and oxygen atoms in total. The Labute approximate surface area is 124 Å². The van der Waals surface area contributed by atoms with Gasteiger partial charge in [0.15, 0.2) is 0 Å². The van der Waals surface area contributed by atoms with Crippen LogP contribution in [0.3, 0.4) is 0 Å². The Morgan fingerprint density at radius 2 is 2.05 bits per heavy atom. The summed E-state index contributed by atoms with van der Waals surface area (Å²) >= 11 is 0. The average molecular weight is 297 g/mol. The maximum atomic E-state index is 12.7. The van der Waals surface area contributed by atoms with Crippen LogP contribution in [0.15, 0.2) is 24.5 Å². The Morgan fingerprint density at radius 3 is 2.82 bits per heavy atom. The van der Waals surface area contributed by atoms with Crippen LogP contribution in [0.4, 0.5) is 5.69 Å². The number of carbonyl (C=O) groups excluding carboxylic acids is 3. The average Bonchev–Trinajstić information content (AvgIpc) is 2.77. The fraction of sp³-hybridized carbons (Fsp3) is 0.200. The molecule has 1 aromatic carbocycles. The summed E-state index contributed by atoms with van der Waals surface area (Å²) in [6.45, 7) is 0. The van der Waals surface area contributed by atoms with Crippen LogP contribution in [0.2, 0.25) is 0 Å². The molecule has 0 spiro atoms. The molecule has 2 aliphatic heterocycles. The number of piperidine rings is 1. The van der Waals surface area contributed by atoms with Gasteiger partial charge in [-0.2, -0.15) is 0 Å². The highest BCUT2D eigenvalue weighted by Crippen LogP contribution is 2.41. The zero-order valence-electron chi connectivity index (χ0n) is 11.4. The third-order valence-electron chi connectivity index (χ3n) is 4.11. The minimum atomic E-state index is -0.743. The van der Waals surface area contributed by atoms with Crippen molar-refractivity contribution in [2.45, 2.75) is 18.9 Å². The Balaban J connectivity index is 1.89. The van der Waals surface area contributed by atoms with Crippen molar-refractivity contribution in [2.24, 2.45) is 0 Å². The molecule has 1 atom stereocenters. The molecule has 3 amide bonds. The molecule has 2 aliphatic rings. The van der Waals surface area contributed by atoms with Crippen LogP contribution in [0, 0.1) is 0 Å². The maximum Gasteiger partial charge on any atom is 0.259 e. The minimum Gasteiger partial charge on any atom is -0.507 e. The fourth-order valence-electron chi connectivity index (χ4n) is 3.10. The lowest BCUT2D eigenvalue weighted by Gasteiger charge is -2.29. The van der Waals surface area contributed by atoms with Crippen molar-refractivity contribution in [3.8, 4) is 5.75 Å². The smallest absolute Gasteiger partial charge is 0.259 e. The molecule has 0 bridgehead atoms. The molecule has 1 saturated heterocycles. The number of hydrogen-bond donors (Lipinski definition) is 2. The summed E-state index contributed by atoms with van der Waals surface area (Å²) in [5.74, 6) is -1.11. The topological polar surface area (TPSA) is 99.6 Å². The molecule has 7 heteroatoms. The standard InChI is InChI=1S/C15H11N3O4/c19-11-3-1-7-13-8(11)5-16-6-10(13)18(15(7)22)9-2-4-12(20)17-14(9)21/h1,3,5-6,9,19H,2,4H2,(H,17,20,21). The van der Waals surface area contributed by atoms with Gasteiger partial charge in [0.05, 0.1) is 17.4 Å². The van der Waals surface area contributed by atoms with Crippen molar-refractivity contribution < 1.29 is 19.5 Å². The fourth-order valence-corrected chi connectivity index (χ4v) is 3.10.